The van der Waals surface area contributed by atoms with Gasteiger partial charge in [0.05, 0.1) is 18.8 Å². The summed E-state index contributed by atoms with van der Waals surface area (Å²) in [5, 5.41) is 23.2. The number of unbranched alkanes of at least 4 members (excludes halogenated alkanes) is 34. The molecule has 4 heteroatoms. The van der Waals surface area contributed by atoms with Gasteiger partial charge in [0.25, 0.3) is 0 Å². The SMILES string of the molecule is CC/C=C\C/C=C\C/C=C\C/C=C\C/C=C\CCCCCCCCCCCCCCCC(=O)NC(CO)C(O)/C=C/CC/C=C/CC/C=C/CCCCCCCCCCCCCCCCCCCCC. The first-order chi connectivity index (χ1) is 34.7. The Kier molecular flexibility index (Phi) is 58.3. The van der Waals surface area contributed by atoms with Crippen molar-refractivity contribution >= 4 is 5.91 Å². The van der Waals surface area contributed by atoms with Crippen LogP contribution in [0.25, 0.3) is 0 Å². The zero-order chi connectivity index (χ0) is 50.6. The molecule has 0 spiro atoms. The number of nitrogens with one attached hydrogen (secondary N) is 1. The van der Waals surface area contributed by atoms with Gasteiger partial charge in [0.2, 0.25) is 5.91 Å². The average molecular weight is 973 g/mol. The summed E-state index contributed by atoms with van der Waals surface area (Å²) in [6.07, 6.45) is 90.2. The Morgan fingerprint density at radius 2 is 0.643 bits per heavy atom. The van der Waals surface area contributed by atoms with Crippen LogP contribution in [0.4, 0.5) is 0 Å². The fraction of sp³-hybridized carbons (Fsp3) is 0.742. The summed E-state index contributed by atoms with van der Waals surface area (Å²) in [6.45, 7) is 4.20. The Balaban J connectivity index is 3.57. The van der Waals surface area contributed by atoms with Gasteiger partial charge in [0.15, 0.2) is 0 Å². The monoisotopic (exact) mass is 972 g/mol. The normalized spacial score (nSPS) is 13.5. The molecular formula is C66H117NO3. The minimum Gasteiger partial charge on any atom is -0.394 e. The van der Waals surface area contributed by atoms with Crippen LogP contribution in [0.1, 0.15) is 296 Å². The number of aliphatic hydroxyl groups is 2. The highest BCUT2D eigenvalue weighted by atomic mass is 16.3. The van der Waals surface area contributed by atoms with Crippen LogP contribution < -0.4 is 5.32 Å². The molecule has 0 aliphatic carbocycles. The highest BCUT2D eigenvalue weighted by Gasteiger charge is 2.18. The summed E-state index contributed by atoms with van der Waals surface area (Å²) in [4.78, 5) is 12.5. The highest BCUT2D eigenvalue weighted by Crippen LogP contribution is 2.17. The minimum atomic E-state index is -0.878. The molecular weight excluding hydrogens is 855 g/mol. The molecule has 0 saturated carbocycles. The van der Waals surface area contributed by atoms with Gasteiger partial charge in [-0.2, -0.15) is 0 Å². The van der Waals surface area contributed by atoms with E-state index in [-0.39, 0.29) is 12.5 Å². The van der Waals surface area contributed by atoms with Gasteiger partial charge in [0, 0.05) is 6.42 Å². The molecule has 404 valence electrons. The molecule has 0 rings (SSSR count). The maximum absolute atomic E-state index is 12.5. The third-order valence-corrected chi connectivity index (χ3v) is 13.5. The van der Waals surface area contributed by atoms with E-state index in [1.165, 1.54) is 205 Å². The smallest absolute Gasteiger partial charge is 0.220 e. The summed E-state index contributed by atoms with van der Waals surface area (Å²) < 4.78 is 0. The van der Waals surface area contributed by atoms with Gasteiger partial charge in [-0.15, -0.1) is 0 Å². The zero-order valence-electron chi connectivity index (χ0n) is 46.5. The van der Waals surface area contributed by atoms with Crippen molar-refractivity contribution in [2.75, 3.05) is 6.61 Å². The fourth-order valence-electron chi connectivity index (χ4n) is 8.95. The molecule has 0 bridgehead atoms. The van der Waals surface area contributed by atoms with Gasteiger partial charge < -0.3 is 15.5 Å². The first-order valence-electron chi connectivity index (χ1n) is 30.5. The number of rotatable bonds is 55. The molecule has 0 fully saturated rings. The Labute approximate surface area is 436 Å². The van der Waals surface area contributed by atoms with Crippen LogP contribution in [-0.4, -0.2) is 34.9 Å². The van der Waals surface area contributed by atoms with E-state index in [9.17, 15) is 15.0 Å². The van der Waals surface area contributed by atoms with Crippen LogP contribution in [0.2, 0.25) is 0 Å². The van der Waals surface area contributed by atoms with Crippen LogP contribution in [0.3, 0.4) is 0 Å². The predicted octanol–water partition coefficient (Wildman–Crippen LogP) is 20.5. The van der Waals surface area contributed by atoms with E-state index < -0.39 is 12.1 Å². The molecule has 0 aliphatic rings. The van der Waals surface area contributed by atoms with Crippen LogP contribution in [0.15, 0.2) is 97.2 Å². The number of aliphatic hydroxyl groups excluding tert-OH is 2. The lowest BCUT2D eigenvalue weighted by Crippen LogP contribution is -2.45. The van der Waals surface area contributed by atoms with Crippen LogP contribution in [-0.2, 0) is 4.79 Å². The van der Waals surface area contributed by atoms with Gasteiger partial charge in [-0.05, 0) is 89.9 Å². The molecule has 2 atom stereocenters. The fourth-order valence-corrected chi connectivity index (χ4v) is 8.95. The number of amides is 1. The average Bonchev–Trinajstić information content (AvgIpc) is 3.36. The second-order valence-corrected chi connectivity index (χ2v) is 20.4. The molecule has 3 N–H and O–H groups in total. The zero-order valence-corrected chi connectivity index (χ0v) is 46.5. The molecule has 0 heterocycles. The lowest BCUT2D eigenvalue weighted by atomic mass is 10.0. The van der Waals surface area contributed by atoms with Crippen molar-refractivity contribution in [3.05, 3.63) is 97.2 Å². The van der Waals surface area contributed by atoms with Gasteiger partial charge >= 0.3 is 0 Å². The highest BCUT2D eigenvalue weighted by molar-refractivity contribution is 5.76. The first-order valence-corrected chi connectivity index (χ1v) is 30.5. The van der Waals surface area contributed by atoms with E-state index in [1.54, 1.807) is 6.08 Å². The Hall–Kier alpha value is -2.69. The molecule has 0 radical (unpaired) electrons. The molecule has 0 aromatic rings. The van der Waals surface area contributed by atoms with Gasteiger partial charge in [-0.1, -0.05) is 297 Å². The van der Waals surface area contributed by atoms with Gasteiger partial charge in [-0.25, -0.2) is 0 Å². The number of carbonyl (C=O) groups excluding carboxylic acids is 1. The van der Waals surface area contributed by atoms with Crippen molar-refractivity contribution in [2.45, 2.75) is 309 Å². The Morgan fingerprint density at radius 1 is 0.357 bits per heavy atom. The third kappa shape index (κ3) is 56.2. The lowest BCUT2D eigenvalue weighted by Gasteiger charge is -2.19. The Morgan fingerprint density at radius 3 is 1.00 bits per heavy atom. The maximum Gasteiger partial charge on any atom is 0.220 e. The number of hydrogen-bond acceptors (Lipinski definition) is 3. The van der Waals surface area contributed by atoms with Crippen molar-refractivity contribution in [1.29, 1.82) is 0 Å². The molecule has 0 aliphatic heterocycles. The molecule has 1 amide bonds. The van der Waals surface area contributed by atoms with E-state index in [0.29, 0.717) is 6.42 Å². The van der Waals surface area contributed by atoms with Crippen molar-refractivity contribution < 1.29 is 15.0 Å². The van der Waals surface area contributed by atoms with Crippen LogP contribution in [0, 0.1) is 0 Å². The van der Waals surface area contributed by atoms with Crippen LogP contribution >= 0.6 is 0 Å². The van der Waals surface area contributed by atoms with Crippen molar-refractivity contribution in [1.82, 2.24) is 5.32 Å². The van der Waals surface area contributed by atoms with E-state index in [1.807, 2.05) is 6.08 Å². The number of carbonyl (C=O) groups is 1. The topological polar surface area (TPSA) is 69.6 Å². The van der Waals surface area contributed by atoms with Crippen molar-refractivity contribution in [3.63, 3.8) is 0 Å². The van der Waals surface area contributed by atoms with Crippen molar-refractivity contribution in [3.8, 4) is 0 Å². The van der Waals surface area contributed by atoms with E-state index >= 15 is 0 Å². The maximum atomic E-state index is 12.5. The second-order valence-electron chi connectivity index (χ2n) is 20.4. The number of allylic oxidation sites excluding steroid dienone is 15. The summed E-state index contributed by atoms with van der Waals surface area (Å²) in [6, 6.07) is -0.653. The predicted molar refractivity (Wildman–Crippen MR) is 313 cm³/mol. The second kappa shape index (κ2) is 60.6. The molecule has 0 saturated heterocycles. The van der Waals surface area contributed by atoms with E-state index in [0.717, 1.165) is 70.6 Å². The van der Waals surface area contributed by atoms with E-state index in [2.05, 4.69) is 104 Å². The quantitative estimate of drug-likeness (QED) is 0.0420. The standard InChI is InChI=1S/C66H117NO3/c1-3-5-7-9-11-13-15-17-19-21-23-25-27-29-31-33-35-37-39-41-43-45-47-49-51-53-55-57-59-61-65(69)64(63-68)67-66(70)62-60-58-56-54-52-50-48-46-44-42-40-38-36-34-32-30-28-26-24-22-20-18-16-14-12-10-8-6-4-2/h6,8,12,14,18,20,24,26,30,32,43,45,51,53,59,61,64-65,68-69H,3-5,7,9-11,13,15-17,19,21-23,25,27-29,31,33-42,44,46-50,52,54-58,60,62-63H2,1-2H3,(H,67,70)/b8-6-,14-12-,20-18-,26-24-,32-30-,45-43+,53-51+,61-59+. The minimum absolute atomic E-state index is 0.0803. The lowest BCUT2D eigenvalue weighted by molar-refractivity contribution is -0.123. The first kappa shape index (κ1) is 67.3. The number of hydrogen-bond donors (Lipinski definition) is 3. The largest absolute Gasteiger partial charge is 0.394 e. The summed E-state index contributed by atoms with van der Waals surface area (Å²) >= 11 is 0. The Bertz CT molecular complexity index is 1290. The summed E-state index contributed by atoms with van der Waals surface area (Å²) in [5.74, 6) is -0.0803. The van der Waals surface area contributed by atoms with Gasteiger partial charge in [0.1, 0.15) is 0 Å². The van der Waals surface area contributed by atoms with Crippen LogP contribution in [0.5, 0.6) is 0 Å². The summed E-state index contributed by atoms with van der Waals surface area (Å²) in [5.41, 5.74) is 0. The molecule has 70 heavy (non-hydrogen) atoms. The van der Waals surface area contributed by atoms with E-state index in [4.69, 9.17) is 0 Å². The molecule has 2 unspecified atom stereocenters. The van der Waals surface area contributed by atoms with Crippen molar-refractivity contribution in [2.24, 2.45) is 0 Å². The third-order valence-electron chi connectivity index (χ3n) is 13.5. The molecule has 0 aromatic heterocycles. The van der Waals surface area contributed by atoms with Gasteiger partial charge in [-0.3, -0.25) is 4.79 Å². The molecule has 0 aromatic carbocycles. The summed E-state index contributed by atoms with van der Waals surface area (Å²) in [7, 11) is 0. The molecule has 4 nitrogen and oxygen atoms in total.